The number of amides is 1. The lowest BCUT2D eigenvalue weighted by Gasteiger charge is -2.27. The molecule has 2 aliphatic rings. The zero-order chi connectivity index (χ0) is 19.2. The third kappa shape index (κ3) is 4.97. The Morgan fingerprint density at radius 1 is 1.07 bits per heavy atom. The van der Waals surface area contributed by atoms with Gasteiger partial charge in [0.25, 0.3) is 5.91 Å². The van der Waals surface area contributed by atoms with Gasteiger partial charge in [-0.05, 0) is 55.5 Å². The minimum atomic E-state index is 0.180. The molecule has 0 saturated carbocycles. The van der Waals surface area contributed by atoms with Crippen LogP contribution in [0.4, 0.5) is 0 Å². The number of ether oxygens (including phenoxy) is 1. The van der Waals surface area contributed by atoms with Gasteiger partial charge in [0.1, 0.15) is 0 Å². The third-order valence-electron chi connectivity index (χ3n) is 5.65. The smallest absolute Gasteiger partial charge is 0.253 e. The third-order valence-corrected chi connectivity index (χ3v) is 5.65. The van der Waals surface area contributed by atoms with Crippen molar-refractivity contribution < 1.29 is 9.53 Å². The van der Waals surface area contributed by atoms with E-state index in [-0.39, 0.29) is 12.0 Å². The van der Waals surface area contributed by atoms with Gasteiger partial charge in [-0.3, -0.25) is 14.7 Å². The average molecular weight is 380 g/mol. The van der Waals surface area contributed by atoms with Crippen LogP contribution in [0, 0.1) is 0 Å². The molecule has 2 aromatic rings. The van der Waals surface area contributed by atoms with E-state index in [1.807, 2.05) is 35.2 Å². The first-order valence-corrected chi connectivity index (χ1v) is 10.4. The molecule has 1 amide bonds. The first kappa shape index (κ1) is 19.1. The topological polar surface area (TPSA) is 45.7 Å². The van der Waals surface area contributed by atoms with Gasteiger partial charge < -0.3 is 9.64 Å². The quantitative estimate of drug-likeness (QED) is 0.771. The van der Waals surface area contributed by atoms with E-state index in [0.717, 1.165) is 63.2 Å². The highest BCUT2D eigenvalue weighted by atomic mass is 16.5. The van der Waals surface area contributed by atoms with Crippen molar-refractivity contribution >= 4 is 5.91 Å². The average Bonchev–Trinajstić information content (AvgIpc) is 3.20. The Balaban J connectivity index is 1.29. The van der Waals surface area contributed by atoms with Crippen molar-refractivity contribution in [3.05, 3.63) is 65.5 Å². The van der Waals surface area contributed by atoms with Gasteiger partial charge in [-0.2, -0.15) is 0 Å². The van der Waals surface area contributed by atoms with Crippen LogP contribution in [0.5, 0.6) is 0 Å². The summed E-state index contributed by atoms with van der Waals surface area (Å²) in [5.41, 5.74) is 3.00. The van der Waals surface area contributed by atoms with Crippen LogP contribution in [0.25, 0.3) is 0 Å². The Kier molecular flexibility index (Phi) is 6.34. The number of carbonyl (C=O) groups excluding carboxylic acids is 1. The SMILES string of the molecule is O=C(c1cccc(CN2CCC(OCc3ccccn3)C2)c1)N1CCCCC1. The predicted octanol–water partition coefficient (Wildman–Crippen LogP) is 3.50. The Labute approximate surface area is 167 Å². The molecular formula is C23H29N3O2. The fourth-order valence-corrected chi connectivity index (χ4v) is 4.10. The molecule has 0 spiro atoms. The second-order valence-electron chi connectivity index (χ2n) is 7.83. The molecule has 0 N–H and O–H groups in total. The first-order chi connectivity index (χ1) is 13.8. The number of likely N-dealkylation sites (tertiary alicyclic amines) is 2. The number of aromatic nitrogens is 1. The number of hydrogen-bond acceptors (Lipinski definition) is 4. The summed E-state index contributed by atoms with van der Waals surface area (Å²) >= 11 is 0. The molecule has 4 rings (SSSR count). The lowest BCUT2D eigenvalue weighted by Crippen LogP contribution is -2.35. The van der Waals surface area contributed by atoms with E-state index < -0.39 is 0 Å². The molecule has 148 valence electrons. The maximum absolute atomic E-state index is 12.7. The maximum Gasteiger partial charge on any atom is 0.253 e. The number of carbonyl (C=O) groups is 1. The summed E-state index contributed by atoms with van der Waals surface area (Å²) in [6, 6.07) is 14.1. The largest absolute Gasteiger partial charge is 0.371 e. The van der Waals surface area contributed by atoms with Gasteiger partial charge in [-0.15, -0.1) is 0 Å². The molecule has 2 saturated heterocycles. The summed E-state index contributed by atoms with van der Waals surface area (Å²) in [6.45, 7) is 5.17. The molecule has 1 unspecified atom stereocenters. The number of piperidine rings is 1. The maximum atomic E-state index is 12.7. The van der Waals surface area contributed by atoms with Crippen LogP contribution in [0.15, 0.2) is 48.7 Å². The highest BCUT2D eigenvalue weighted by Gasteiger charge is 2.24. The summed E-state index contributed by atoms with van der Waals surface area (Å²) < 4.78 is 6.03. The molecule has 3 heterocycles. The van der Waals surface area contributed by atoms with Crippen LogP contribution in [0.1, 0.15) is 47.3 Å². The van der Waals surface area contributed by atoms with Crippen LogP contribution < -0.4 is 0 Å². The van der Waals surface area contributed by atoms with E-state index >= 15 is 0 Å². The van der Waals surface area contributed by atoms with Crippen LogP contribution in [-0.4, -0.2) is 53.0 Å². The second kappa shape index (κ2) is 9.30. The number of pyridine rings is 1. The lowest BCUT2D eigenvalue weighted by atomic mass is 10.1. The molecule has 28 heavy (non-hydrogen) atoms. The normalized spacial score (nSPS) is 20.4. The summed E-state index contributed by atoms with van der Waals surface area (Å²) in [4.78, 5) is 21.5. The van der Waals surface area contributed by atoms with Gasteiger partial charge in [0, 0.05) is 44.5 Å². The number of nitrogens with zero attached hydrogens (tertiary/aromatic N) is 3. The Morgan fingerprint density at radius 3 is 2.79 bits per heavy atom. The Hall–Kier alpha value is -2.24. The molecule has 5 heteroatoms. The fraction of sp³-hybridized carbons (Fsp3) is 0.478. The number of rotatable bonds is 6. The van der Waals surface area contributed by atoms with Crippen molar-refractivity contribution in [2.75, 3.05) is 26.2 Å². The van der Waals surface area contributed by atoms with E-state index in [9.17, 15) is 4.79 Å². The second-order valence-corrected chi connectivity index (χ2v) is 7.83. The van der Waals surface area contributed by atoms with Crippen molar-refractivity contribution in [2.24, 2.45) is 0 Å². The van der Waals surface area contributed by atoms with Gasteiger partial charge in [0.2, 0.25) is 0 Å². The molecule has 2 aliphatic heterocycles. The Bertz CT molecular complexity index is 774. The van der Waals surface area contributed by atoms with Gasteiger partial charge in [0.15, 0.2) is 0 Å². The summed E-state index contributed by atoms with van der Waals surface area (Å²) in [5.74, 6) is 0.180. The van der Waals surface area contributed by atoms with Gasteiger partial charge in [-0.1, -0.05) is 18.2 Å². The monoisotopic (exact) mass is 379 g/mol. The van der Waals surface area contributed by atoms with Crippen molar-refractivity contribution in [1.29, 1.82) is 0 Å². The van der Waals surface area contributed by atoms with Crippen LogP contribution in [-0.2, 0) is 17.9 Å². The number of benzene rings is 1. The van der Waals surface area contributed by atoms with Gasteiger partial charge in [0.05, 0.1) is 18.4 Å². The molecule has 2 fully saturated rings. The first-order valence-electron chi connectivity index (χ1n) is 10.4. The molecule has 1 aromatic heterocycles. The van der Waals surface area contributed by atoms with E-state index in [0.29, 0.717) is 6.61 Å². The van der Waals surface area contributed by atoms with Gasteiger partial charge >= 0.3 is 0 Å². The minimum absolute atomic E-state index is 0.180. The molecule has 0 aliphatic carbocycles. The molecular weight excluding hydrogens is 350 g/mol. The van der Waals surface area contributed by atoms with E-state index in [1.165, 1.54) is 12.0 Å². The standard InChI is InChI=1S/C23H29N3O2/c27-23(26-12-4-1-5-13-26)20-8-6-7-19(15-20)16-25-14-10-22(17-25)28-18-21-9-2-3-11-24-21/h2-3,6-9,11,15,22H,1,4-5,10,12-14,16-18H2. The lowest BCUT2D eigenvalue weighted by molar-refractivity contribution is 0.0443. The van der Waals surface area contributed by atoms with E-state index in [1.54, 1.807) is 6.20 Å². The molecule has 0 radical (unpaired) electrons. The molecule has 5 nitrogen and oxygen atoms in total. The summed E-state index contributed by atoms with van der Waals surface area (Å²) in [7, 11) is 0. The van der Waals surface area contributed by atoms with Crippen molar-refractivity contribution in [3.8, 4) is 0 Å². The molecule has 1 aromatic carbocycles. The highest BCUT2D eigenvalue weighted by Crippen LogP contribution is 2.19. The van der Waals surface area contributed by atoms with Crippen LogP contribution >= 0.6 is 0 Å². The zero-order valence-electron chi connectivity index (χ0n) is 16.4. The van der Waals surface area contributed by atoms with Crippen LogP contribution in [0.2, 0.25) is 0 Å². The predicted molar refractivity (Wildman–Crippen MR) is 109 cm³/mol. The van der Waals surface area contributed by atoms with Crippen molar-refractivity contribution in [2.45, 2.75) is 44.9 Å². The molecule has 0 bridgehead atoms. The Morgan fingerprint density at radius 2 is 1.96 bits per heavy atom. The van der Waals surface area contributed by atoms with E-state index in [2.05, 4.69) is 22.0 Å². The zero-order valence-corrected chi connectivity index (χ0v) is 16.4. The van der Waals surface area contributed by atoms with Gasteiger partial charge in [-0.25, -0.2) is 0 Å². The van der Waals surface area contributed by atoms with Crippen molar-refractivity contribution in [3.63, 3.8) is 0 Å². The van der Waals surface area contributed by atoms with Crippen molar-refractivity contribution in [1.82, 2.24) is 14.8 Å². The van der Waals surface area contributed by atoms with E-state index in [4.69, 9.17) is 4.74 Å². The summed E-state index contributed by atoms with van der Waals surface area (Å²) in [5, 5.41) is 0. The van der Waals surface area contributed by atoms with Crippen LogP contribution in [0.3, 0.4) is 0 Å². The fourth-order valence-electron chi connectivity index (χ4n) is 4.10. The minimum Gasteiger partial charge on any atom is -0.371 e. The summed E-state index contributed by atoms with van der Waals surface area (Å²) in [6.07, 6.45) is 6.58. The highest BCUT2D eigenvalue weighted by molar-refractivity contribution is 5.94. The molecule has 1 atom stereocenters. The number of hydrogen-bond donors (Lipinski definition) is 0.